The minimum Gasteiger partial charge on any atom is -0.465 e. The van der Waals surface area contributed by atoms with Crippen LogP contribution in [0.4, 0.5) is 0 Å². The zero-order valence-electron chi connectivity index (χ0n) is 9.83. The second-order valence-corrected chi connectivity index (χ2v) is 3.85. The van der Waals surface area contributed by atoms with E-state index in [2.05, 4.69) is 5.32 Å². The number of carbonyl (C=O) groups is 2. The van der Waals surface area contributed by atoms with Gasteiger partial charge in [-0.3, -0.25) is 14.9 Å². The molecule has 1 aliphatic rings. The van der Waals surface area contributed by atoms with E-state index < -0.39 is 0 Å². The number of ether oxygens (including phenoxy) is 1. The Balaban J connectivity index is 2.12. The van der Waals surface area contributed by atoms with Crippen molar-refractivity contribution in [1.29, 1.82) is 0 Å². The van der Waals surface area contributed by atoms with E-state index in [-0.39, 0.29) is 25.0 Å². The van der Waals surface area contributed by atoms with E-state index >= 15 is 0 Å². The van der Waals surface area contributed by atoms with Gasteiger partial charge in [0.2, 0.25) is 5.91 Å². The number of likely N-dealkylation sites (tertiary alicyclic amines) is 1. The molecule has 1 amide bonds. The number of hydrogen-bond donors (Lipinski definition) is 1. The molecule has 0 aromatic rings. The average Bonchev–Trinajstić information content (AvgIpc) is 2.30. The van der Waals surface area contributed by atoms with Crippen LogP contribution in [0.25, 0.3) is 0 Å². The van der Waals surface area contributed by atoms with Gasteiger partial charge in [0.15, 0.2) is 0 Å². The van der Waals surface area contributed by atoms with Gasteiger partial charge in [0.25, 0.3) is 0 Å². The summed E-state index contributed by atoms with van der Waals surface area (Å²) in [4.78, 5) is 24.5. The minimum atomic E-state index is -0.311. The molecule has 0 aromatic carbocycles. The van der Waals surface area contributed by atoms with Crippen molar-refractivity contribution in [2.45, 2.75) is 26.2 Å². The molecular formula is C11H20N2O3. The zero-order valence-corrected chi connectivity index (χ0v) is 9.83. The van der Waals surface area contributed by atoms with Gasteiger partial charge in [-0.2, -0.15) is 0 Å². The number of nitrogens with one attached hydrogen (secondary N) is 1. The molecule has 0 spiro atoms. The highest BCUT2D eigenvalue weighted by atomic mass is 16.5. The fraction of sp³-hybridized carbons (Fsp3) is 0.818. The van der Waals surface area contributed by atoms with Gasteiger partial charge in [-0.1, -0.05) is 0 Å². The topological polar surface area (TPSA) is 58.6 Å². The summed E-state index contributed by atoms with van der Waals surface area (Å²) in [5.74, 6) is -0.238. The fourth-order valence-electron chi connectivity index (χ4n) is 1.74. The first-order valence-corrected chi connectivity index (χ1v) is 5.88. The van der Waals surface area contributed by atoms with Crippen LogP contribution in [0.2, 0.25) is 0 Å². The van der Waals surface area contributed by atoms with Gasteiger partial charge in [-0.05, 0) is 26.2 Å². The molecular weight excluding hydrogens is 208 g/mol. The van der Waals surface area contributed by atoms with E-state index in [9.17, 15) is 9.59 Å². The number of rotatable bonds is 5. The van der Waals surface area contributed by atoms with Crippen molar-refractivity contribution in [2.75, 3.05) is 32.8 Å². The SMILES string of the molecule is CCOC(=O)CNCC(=O)N1CCCCC1. The summed E-state index contributed by atoms with van der Waals surface area (Å²) in [6.07, 6.45) is 3.38. The van der Waals surface area contributed by atoms with Crippen molar-refractivity contribution in [3.63, 3.8) is 0 Å². The molecule has 5 nitrogen and oxygen atoms in total. The van der Waals surface area contributed by atoms with Gasteiger partial charge in [0.05, 0.1) is 19.7 Å². The Kier molecular flexibility index (Phi) is 5.85. The molecule has 1 saturated heterocycles. The molecule has 0 atom stereocenters. The van der Waals surface area contributed by atoms with Gasteiger partial charge in [0.1, 0.15) is 0 Å². The summed E-state index contributed by atoms with van der Waals surface area (Å²) in [6.45, 7) is 4.16. The van der Waals surface area contributed by atoms with Gasteiger partial charge in [-0.25, -0.2) is 0 Å². The normalized spacial score (nSPS) is 15.9. The van der Waals surface area contributed by atoms with Crippen molar-refractivity contribution < 1.29 is 14.3 Å². The molecule has 92 valence electrons. The number of esters is 1. The van der Waals surface area contributed by atoms with Crippen molar-refractivity contribution >= 4 is 11.9 Å². The Hall–Kier alpha value is -1.10. The number of amides is 1. The van der Waals surface area contributed by atoms with Crippen LogP contribution in [0.15, 0.2) is 0 Å². The summed E-state index contributed by atoms with van der Waals surface area (Å²) < 4.78 is 4.74. The van der Waals surface area contributed by atoms with Gasteiger partial charge in [-0.15, -0.1) is 0 Å². The van der Waals surface area contributed by atoms with E-state index in [1.54, 1.807) is 6.92 Å². The maximum atomic E-state index is 11.6. The summed E-state index contributed by atoms with van der Waals surface area (Å²) in [6, 6.07) is 0. The fourth-order valence-corrected chi connectivity index (χ4v) is 1.74. The molecule has 1 aliphatic heterocycles. The van der Waals surface area contributed by atoms with Crippen LogP contribution in [0.5, 0.6) is 0 Å². The van der Waals surface area contributed by atoms with Crippen LogP contribution >= 0.6 is 0 Å². The standard InChI is InChI=1S/C11H20N2O3/c1-2-16-11(15)9-12-8-10(14)13-6-4-3-5-7-13/h12H,2-9H2,1H3. The zero-order chi connectivity index (χ0) is 11.8. The predicted octanol–water partition coefficient (Wildman–Crippen LogP) is 0.152. The third-order valence-corrected chi connectivity index (χ3v) is 2.56. The highest BCUT2D eigenvalue weighted by Crippen LogP contribution is 2.07. The summed E-state index contributed by atoms with van der Waals surface area (Å²) in [7, 11) is 0. The number of hydrogen-bond acceptors (Lipinski definition) is 4. The Morgan fingerprint density at radius 2 is 1.88 bits per heavy atom. The van der Waals surface area contributed by atoms with Crippen molar-refractivity contribution in [3.05, 3.63) is 0 Å². The van der Waals surface area contributed by atoms with E-state index in [1.165, 1.54) is 6.42 Å². The molecule has 16 heavy (non-hydrogen) atoms. The molecule has 0 saturated carbocycles. The van der Waals surface area contributed by atoms with Crippen LogP contribution < -0.4 is 5.32 Å². The first-order chi connectivity index (χ1) is 7.74. The maximum absolute atomic E-state index is 11.6. The first kappa shape index (κ1) is 13.0. The monoisotopic (exact) mass is 228 g/mol. The van der Waals surface area contributed by atoms with Crippen molar-refractivity contribution in [2.24, 2.45) is 0 Å². The number of piperidine rings is 1. The molecule has 0 bridgehead atoms. The molecule has 0 radical (unpaired) electrons. The molecule has 1 N–H and O–H groups in total. The lowest BCUT2D eigenvalue weighted by Gasteiger charge is -2.26. The highest BCUT2D eigenvalue weighted by molar-refractivity contribution is 5.79. The molecule has 5 heteroatoms. The van der Waals surface area contributed by atoms with Crippen LogP contribution in [0.1, 0.15) is 26.2 Å². The number of nitrogens with zero attached hydrogens (tertiary/aromatic N) is 1. The minimum absolute atomic E-state index is 0.0731. The summed E-state index contributed by atoms with van der Waals surface area (Å²) in [5.41, 5.74) is 0. The largest absolute Gasteiger partial charge is 0.465 e. The Labute approximate surface area is 96.1 Å². The number of carbonyl (C=O) groups excluding carboxylic acids is 2. The van der Waals surface area contributed by atoms with Gasteiger partial charge >= 0.3 is 5.97 Å². The summed E-state index contributed by atoms with van der Waals surface area (Å²) >= 11 is 0. The third kappa shape index (κ3) is 4.61. The van der Waals surface area contributed by atoms with Crippen LogP contribution in [-0.2, 0) is 14.3 Å². The second-order valence-electron chi connectivity index (χ2n) is 3.85. The van der Waals surface area contributed by atoms with Crippen LogP contribution in [0.3, 0.4) is 0 Å². The molecule has 1 fully saturated rings. The predicted molar refractivity (Wildman–Crippen MR) is 59.9 cm³/mol. The second kappa shape index (κ2) is 7.22. The third-order valence-electron chi connectivity index (χ3n) is 2.56. The van der Waals surface area contributed by atoms with E-state index in [0.717, 1.165) is 25.9 Å². The lowest BCUT2D eigenvalue weighted by atomic mass is 10.1. The highest BCUT2D eigenvalue weighted by Gasteiger charge is 2.15. The maximum Gasteiger partial charge on any atom is 0.319 e. The van der Waals surface area contributed by atoms with Crippen LogP contribution in [0, 0.1) is 0 Å². The smallest absolute Gasteiger partial charge is 0.319 e. The van der Waals surface area contributed by atoms with Crippen molar-refractivity contribution in [3.8, 4) is 0 Å². The summed E-state index contributed by atoms with van der Waals surface area (Å²) in [5, 5.41) is 2.80. The molecule has 0 aromatic heterocycles. The quantitative estimate of drug-likeness (QED) is 0.681. The Morgan fingerprint density at radius 3 is 2.50 bits per heavy atom. The first-order valence-electron chi connectivity index (χ1n) is 5.88. The van der Waals surface area contributed by atoms with E-state index in [0.29, 0.717) is 6.61 Å². The lowest BCUT2D eigenvalue weighted by Crippen LogP contribution is -2.42. The van der Waals surface area contributed by atoms with E-state index in [1.807, 2.05) is 4.90 Å². The Morgan fingerprint density at radius 1 is 1.19 bits per heavy atom. The lowest BCUT2D eigenvalue weighted by molar-refractivity contribution is -0.142. The molecule has 1 heterocycles. The van der Waals surface area contributed by atoms with Crippen LogP contribution in [-0.4, -0.2) is 49.6 Å². The van der Waals surface area contributed by atoms with Crippen molar-refractivity contribution in [1.82, 2.24) is 10.2 Å². The van der Waals surface area contributed by atoms with Gasteiger partial charge in [0, 0.05) is 13.1 Å². The van der Waals surface area contributed by atoms with Gasteiger partial charge < -0.3 is 9.64 Å². The molecule has 0 aliphatic carbocycles. The Bertz CT molecular complexity index is 237. The molecule has 0 unspecified atom stereocenters. The van der Waals surface area contributed by atoms with E-state index in [4.69, 9.17) is 4.74 Å². The molecule has 1 rings (SSSR count). The average molecular weight is 228 g/mol.